The van der Waals surface area contributed by atoms with E-state index < -0.39 is 0 Å². The zero-order chi connectivity index (χ0) is 14.2. The van der Waals surface area contributed by atoms with Crippen LogP contribution in [-0.4, -0.2) is 27.2 Å². The molecule has 0 spiro atoms. The summed E-state index contributed by atoms with van der Waals surface area (Å²) in [5.41, 5.74) is 1.72. The standard InChI is InChI=1S/C16H17N3O2/c1-11-6-7-15(21-11)19-14(10-12-4-3-9-20-12)18-13-5-2-8-17-16(13)19/h2,5-8,12H,3-4,9-10H2,1H3. The Balaban J connectivity index is 1.84. The molecule has 1 aliphatic heterocycles. The van der Waals surface area contributed by atoms with Gasteiger partial charge in [-0.05, 0) is 38.0 Å². The molecule has 1 aliphatic rings. The molecule has 1 atom stereocenters. The van der Waals surface area contributed by atoms with Gasteiger partial charge in [0.25, 0.3) is 0 Å². The van der Waals surface area contributed by atoms with E-state index in [1.54, 1.807) is 6.20 Å². The van der Waals surface area contributed by atoms with Crippen LogP contribution < -0.4 is 0 Å². The molecule has 4 heterocycles. The van der Waals surface area contributed by atoms with E-state index in [9.17, 15) is 0 Å². The van der Waals surface area contributed by atoms with Gasteiger partial charge in [0, 0.05) is 25.3 Å². The second kappa shape index (κ2) is 5.00. The van der Waals surface area contributed by atoms with Crippen molar-refractivity contribution in [2.24, 2.45) is 0 Å². The molecule has 1 fully saturated rings. The number of aryl methyl sites for hydroxylation is 1. The molecule has 3 aromatic heterocycles. The average Bonchev–Trinajstić information content (AvgIpc) is 3.18. The number of imidazole rings is 1. The molecular weight excluding hydrogens is 266 g/mol. The fourth-order valence-corrected chi connectivity index (χ4v) is 2.88. The number of aromatic nitrogens is 3. The number of hydrogen-bond donors (Lipinski definition) is 0. The molecule has 0 bridgehead atoms. The molecule has 4 rings (SSSR count). The molecule has 21 heavy (non-hydrogen) atoms. The normalized spacial score (nSPS) is 18.6. The van der Waals surface area contributed by atoms with E-state index in [4.69, 9.17) is 14.1 Å². The topological polar surface area (TPSA) is 53.1 Å². The zero-order valence-electron chi connectivity index (χ0n) is 12.0. The van der Waals surface area contributed by atoms with Crippen molar-refractivity contribution in [2.75, 3.05) is 6.61 Å². The van der Waals surface area contributed by atoms with Crippen LogP contribution >= 0.6 is 0 Å². The first-order chi connectivity index (χ1) is 10.3. The molecule has 1 unspecified atom stereocenters. The maximum absolute atomic E-state index is 5.78. The third-order valence-corrected chi connectivity index (χ3v) is 3.87. The Bertz CT molecular complexity index is 769. The molecule has 0 radical (unpaired) electrons. The summed E-state index contributed by atoms with van der Waals surface area (Å²) in [7, 11) is 0. The summed E-state index contributed by atoms with van der Waals surface area (Å²) in [6.07, 6.45) is 5.04. The number of ether oxygens (including phenoxy) is 1. The van der Waals surface area contributed by atoms with Crippen molar-refractivity contribution in [1.82, 2.24) is 14.5 Å². The molecule has 0 aliphatic carbocycles. The van der Waals surface area contributed by atoms with E-state index in [-0.39, 0.29) is 6.10 Å². The van der Waals surface area contributed by atoms with E-state index in [1.165, 1.54) is 0 Å². The SMILES string of the molecule is Cc1ccc(-n2c(CC3CCCO3)nc3cccnc32)o1. The molecule has 0 aromatic carbocycles. The van der Waals surface area contributed by atoms with Crippen molar-refractivity contribution in [2.45, 2.75) is 32.3 Å². The number of rotatable bonds is 3. The maximum atomic E-state index is 5.78. The fourth-order valence-electron chi connectivity index (χ4n) is 2.88. The van der Waals surface area contributed by atoms with E-state index >= 15 is 0 Å². The van der Waals surface area contributed by atoms with Gasteiger partial charge in [-0.1, -0.05) is 0 Å². The van der Waals surface area contributed by atoms with Crippen LogP contribution in [0.25, 0.3) is 17.0 Å². The van der Waals surface area contributed by atoms with Gasteiger partial charge in [0.05, 0.1) is 6.10 Å². The third kappa shape index (κ3) is 2.23. The lowest BCUT2D eigenvalue weighted by atomic mass is 10.2. The Kier molecular flexibility index (Phi) is 3.00. The van der Waals surface area contributed by atoms with Crippen molar-refractivity contribution in [3.05, 3.63) is 42.0 Å². The highest BCUT2D eigenvalue weighted by Crippen LogP contribution is 2.24. The lowest BCUT2D eigenvalue weighted by Gasteiger charge is -2.10. The fraction of sp³-hybridized carbons (Fsp3) is 0.375. The van der Waals surface area contributed by atoms with Gasteiger partial charge < -0.3 is 9.15 Å². The van der Waals surface area contributed by atoms with E-state index in [2.05, 4.69) is 4.98 Å². The Labute approximate surface area is 122 Å². The minimum absolute atomic E-state index is 0.247. The summed E-state index contributed by atoms with van der Waals surface area (Å²) in [4.78, 5) is 9.18. The molecule has 3 aromatic rings. The number of furan rings is 1. The van der Waals surface area contributed by atoms with Crippen LogP contribution in [0, 0.1) is 6.92 Å². The molecule has 5 nitrogen and oxygen atoms in total. The lowest BCUT2D eigenvalue weighted by Crippen LogP contribution is -2.13. The van der Waals surface area contributed by atoms with Gasteiger partial charge in [0.1, 0.15) is 17.1 Å². The van der Waals surface area contributed by atoms with Gasteiger partial charge in [0.15, 0.2) is 5.65 Å². The minimum atomic E-state index is 0.247. The summed E-state index contributed by atoms with van der Waals surface area (Å²) < 4.78 is 13.5. The Morgan fingerprint density at radius 1 is 1.33 bits per heavy atom. The predicted molar refractivity (Wildman–Crippen MR) is 78.5 cm³/mol. The van der Waals surface area contributed by atoms with E-state index in [0.717, 1.165) is 54.5 Å². The highest BCUT2D eigenvalue weighted by atomic mass is 16.5. The molecule has 1 saturated heterocycles. The minimum Gasteiger partial charge on any atom is -0.445 e. The van der Waals surface area contributed by atoms with Crippen molar-refractivity contribution < 1.29 is 9.15 Å². The first kappa shape index (κ1) is 12.6. The number of nitrogens with zero attached hydrogens (tertiary/aromatic N) is 3. The van der Waals surface area contributed by atoms with Gasteiger partial charge in [-0.3, -0.25) is 0 Å². The van der Waals surface area contributed by atoms with E-state index in [1.807, 2.05) is 35.8 Å². The molecule has 5 heteroatoms. The summed E-state index contributed by atoms with van der Waals surface area (Å²) in [6.45, 7) is 2.79. The molecule has 0 N–H and O–H groups in total. The summed E-state index contributed by atoms with van der Waals surface area (Å²) in [5, 5.41) is 0. The van der Waals surface area contributed by atoms with Crippen molar-refractivity contribution >= 4 is 11.2 Å². The van der Waals surface area contributed by atoms with Crippen LogP contribution in [0.15, 0.2) is 34.9 Å². The zero-order valence-corrected chi connectivity index (χ0v) is 12.0. The third-order valence-electron chi connectivity index (χ3n) is 3.87. The average molecular weight is 283 g/mol. The Morgan fingerprint density at radius 2 is 2.29 bits per heavy atom. The van der Waals surface area contributed by atoms with E-state index in [0.29, 0.717) is 0 Å². The highest BCUT2D eigenvalue weighted by molar-refractivity contribution is 5.73. The maximum Gasteiger partial charge on any atom is 0.206 e. The smallest absolute Gasteiger partial charge is 0.206 e. The molecular formula is C16H17N3O2. The van der Waals surface area contributed by atoms with Crippen molar-refractivity contribution in [3.63, 3.8) is 0 Å². The van der Waals surface area contributed by atoms with Crippen LogP contribution in [0.1, 0.15) is 24.4 Å². The summed E-state index contributed by atoms with van der Waals surface area (Å²) in [5.74, 6) is 2.59. The van der Waals surface area contributed by atoms with Crippen LogP contribution in [0.2, 0.25) is 0 Å². The summed E-state index contributed by atoms with van der Waals surface area (Å²) >= 11 is 0. The second-order valence-corrected chi connectivity index (χ2v) is 5.43. The van der Waals surface area contributed by atoms with Crippen LogP contribution in [-0.2, 0) is 11.2 Å². The van der Waals surface area contributed by atoms with Gasteiger partial charge >= 0.3 is 0 Å². The lowest BCUT2D eigenvalue weighted by molar-refractivity contribution is 0.109. The van der Waals surface area contributed by atoms with Crippen molar-refractivity contribution in [3.8, 4) is 5.88 Å². The molecule has 0 amide bonds. The van der Waals surface area contributed by atoms with Crippen molar-refractivity contribution in [1.29, 1.82) is 0 Å². The summed E-state index contributed by atoms with van der Waals surface area (Å²) in [6, 6.07) is 7.81. The van der Waals surface area contributed by atoms with Gasteiger partial charge in [0.2, 0.25) is 5.88 Å². The first-order valence-electron chi connectivity index (χ1n) is 7.32. The first-order valence-corrected chi connectivity index (χ1v) is 7.32. The van der Waals surface area contributed by atoms with Crippen LogP contribution in [0.3, 0.4) is 0 Å². The molecule has 108 valence electrons. The predicted octanol–water partition coefficient (Wildman–Crippen LogP) is 3.04. The van der Waals surface area contributed by atoms with Gasteiger partial charge in [-0.2, -0.15) is 0 Å². The number of hydrogen-bond acceptors (Lipinski definition) is 4. The molecule has 0 saturated carbocycles. The largest absolute Gasteiger partial charge is 0.445 e. The van der Waals surface area contributed by atoms with Gasteiger partial charge in [-0.25, -0.2) is 14.5 Å². The van der Waals surface area contributed by atoms with Gasteiger partial charge in [-0.15, -0.1) is 0 Å². The Morgan fingerprint density at radius 3 is 3.05 bits per heavy atom. The quantitative estimate of drug-likeness (QED) is 0.741. The second-order valence-electron chi connectivity index (χ2n) is 5.43. The Hall–Kier alpha value is -2.14. The number of fused-ring (bicyclic) bond motifs is 1. The highest BCUT2D eigenvalue weighted by Gasteiger charge is 2.22. The van der Waals surface area contributed by atoms with Crippen LogP contribution in [0.4, 0.5) is 0 Å². The number of pyridine rings is 1. The monoisotopic (exact) mass is 283 g/mol. The van der Waals surface area contributed by atoms with Crippen LogP contribution in [0.5, 0.6) is 0 Å².